The summed E-state index contributed by atoms with van der Waals surface area (Å²) in [5.41, 5.74) is 2.20. The maximum Gasteiger partial charge on any atom is -1.00 e. The van der Waals surface area contributed by atoms with Crippen LogP contribution in [-0.2, 0) is 24.9 Å². The molecule has 0 heterocycles. The standard InChI is InChI=1S/C13H23OSi.2ClH.Ti/c1-6-13(12-9-7-8-10-12)15(4,5)14-11(2)3;;;/h7,9,11,13H,6,8H2,1-5H3;2*1H;/q;;;+2/p-2. The van der Waals surface area contributed by atoms with Gasteiger partial charge >= 0.3 is 113 Å². The van der Waals surface area contributed by atoms with Crippen LogP contribution in [0.5, 0.6) is 0 Å². The van der Waals surface area contributed by atoms with Crippen LogP contribution >= 0.6 is 0 Å². The molecule has 0 aromatic rings. The zero-order valence-electron chi connectivity index (χ0n) is 11.9. The van der Waals surface area contributed by atoms with Crippen LogP contribution in [0.4, 0.5) is 0 Å². The topological polar surface area (TPSA) is 9.23 Å². The van der Waals surface area contributed by atoms with Crippen molar-refractivity contribution in [1.82, 2.24) is 0 Å². The monoisotopic (exact) mass is 341 g/mol. The van der Waals surface area contributed by atoms with Crippen LogP contribution in [0.2, 0.25) is 18.6 Å². The molecule has 0 saturated heterocycles. The van der Waals surface area contributed by atoms with Gasteiger partial charge in [-0.3, -0.25) is 0 Å². The first-order chi connectivity index (χ1) is 7.38. The van der Waals surface area contributed by atoms with Crippen molar-refractivity contribution in [1.29, 1.82) is 0 Å². The maximum atomic E-state index is 6.22. The van der Waals surface area contributed by atoms with Crippen LogP contribution < -0.4 is 24.8 Å². The molecule has 0 fully saturated rings. The van der Waals surface area contributed by atoms with Gasteiger partial charge in [0.2, 0.25) is 0 Å². The predicted molar refractivity (Wildman–Crippen MR) is 68.5 cm³/mol. The Labute approximate surface area is 137 Å². The van der Waals surface area contributed by atoms with E-state index in [1.165, 1.54) is 6.42 Å². The number of allylic oxidation sites excluding steroid dienone is 4. The van der Waals surface area contributed by atoms with E-state index in [1.54, 1.807) is 9.45 Å². The van der Waals surface area contributed by atoms with Crippen molar-refractivity contribution in [3.05, 3.63) is 21.6 Å². The smallest absolute Gasteiger partial charge is 1.00 e. The van der Waals surface area contributed by atoms with Gasteiger partial charge < -0.3 is 24.8 Å². The molecule has 1 aliphatic carbocycles. The largest absolute Gasteiger partial charge is 1.00 e. The van der Waals surface area contributed by atoms with Crippen molar-refractivity contribution in [2.24, 2.45) is 0 Å². The molecule has 1 rings (SSSR count). The second kappa shape index (κ2) is 8.99. The van der Waals surface area contributed by atoms with E-state index in [4.69, 9.17) is 4.43 Å². The first-order valence-electron chi connectivity index (χ1n) is 6.17. The third-order valence-electron chi connectivity index (χ3n) is 3.13. The summed E-state index contributed by atoms with van der Waals surface area (Å²) in [5.74, 6) is 0. The van der Waals surface area contributed by atoms with E-state index < -0.39 is 8.32 Å². The van der Waals surface area contributed by atoms with Gasteiger partial charge in [-0.25, -0.2) is 0 Å². The van der Waals surface area contributed by atoms with Crippen molar-refractivity contribution in [3.63, 3.8) is 0 Å². The molecular weight excluding hydrogens is 319 g/mol. The molecule has 1 nitrogen and oxygen atoms in total. The zero-order chi connectivity index (χ0) is 12.3. The molecule has 0 aromatic heterocycles. The van der Waals surface area contributed by atoms with E-state index in [1.807, 2.05) is 0 Å². The van der Waals surface area contributed by atoms with Gasteiger partial charge in [0.25, 0.3) is 0 Å². The number of hydrogen-bond acceptors (Lipinski definition) is 1. The summed E-state index contributed by atoms with van der Waals surface area (Å²) in [7, 11) is -1.61. The predicted octanol–water partition coefficient (Wildman–Crippen LogP) is -1.83. The summed E-state index contributed by atoms with van der Waals surface area (Å²) in [6, 6.07) is 0. The van der Waals surface area contributed by atoms with Crippen LogP contribution in [0.3, 0.4) is 0 Å². The molecule has 1 unspecified atom stereocenters. The Kier molecular flexibility index (Phi) is 10.6. The molecule has 1 aliphatic rings. The number of rotatable bonds is 5. The fourth-order valence-electron chi connectivity index (χ4n) is 2.62. The van der Waals surface area contributed by atoms with Gasteiger partial charge in [0.1, 0.15) is 0 Å². The summed E-state index contributed by atoms with van der Waals surface area (Å²) in [4.78, 5) is 0. The normalized spacial score (nSPS) is 16.7. The van der Waals surface area contributed by atoms with Crippen LogP contribution in [0.25, 0.3) is 0 Å². The first-order valence-corrected chi connectivity index (χ1v) is 9.94. The molecule has 0 radical (unpaired) electrons. The Balaban J connectivity index is 0. The van der Waals surface area contributed by atoms with Gasteiger partial charge in [0, 0.05) is 0 Å². The van der Waals surface area contributed by atoms with Gasteiger partial charge in [-0.05, 0) is 0 Å². The minimum Gasteiger partial charge on any atom is -1.00 e. The first kappa shape index (κ1) is 21.3. The van der Waals surface area contributed by atoms with Gasteiger partial charge in [0.15, 0.2) is 0 Å². The molecule has 103 valence electrons. The molecule has 0 aromatic carbocycles. The average molecular weight is 342 g/mol. The van der Waals surface area contributed by atoms with Gasteiger partial charge in [0.05, 0.1) is 0 Å². The second-order valence-electron chi connectivity index (χ2n) is 5.27. The second-order valence-corrected chi connectivity index (χ2v) is 10.4. The van der Waals surface area contributed by atoms with Crippen LogP contribution in [-0.4, -0.2) is 14.4 Å². The van der Waals surface area contributed by atoms with Crippen molar-refractivity contribution >= 4 is 8.32 Å². The van der Waals surface area contributed by atoms with E-state index >= 15 is 0 Å². The molecule has 0 aliphatic heterocycles. The Hall–Kier alpha value is 0.951. The third kappa shape index (κ3) is 5.52. The van der Waals surface area contributed by atoms with Crippen molar-refractivity contribution < 1.29 is 49.7 Å². The van der Waals surface area contributed by atoms with Crippen LogP contribution in [0.15, 0.2) is 21.6 Å². The molecular formula is C13H23Cl2OSiTi. The van der Waals surface area contributed by atoms with E-state index in [2.05, 4.69) is 66.5 Å². The van der Waals surface area contributed by atoms with Crippen molar-refractivity contribution in [3.8, 4) is 0 Å². The molecule has 1 atom stereocenters. The quantitative estimate of drug-likeness (QED) is 0.534. The van der Waals surface area contributed by atoms with E-state index in [-0.39, 0.29) is 24.8 Å². The minimum atomic E-state index is -1.61. The minimum absolute atomic E-state index is 0. The van der Waals surface area contributed by atoms with E-state index in [9.17, 15) is 0 Å². The molecule has 5 heteroatoms. The van der Waals surface area contributed by atoms with E-state index in [0.717, 1.165) is 6.42 Å². The van der Waals surface area contributed by atoms with Crippen LogP contribution in [0, 0.1) is 0 Å². The van der Waals surface area contributed by atoms with Gasteiger partial charge in [-0.15, -0.1) is 0 Å². The summed E-state index contributed by atoms with van der Waals surface area (Å²) in [5, 5.41) is 0. The van der Waals surface area contributed by atoms with E-state index in [0.29, 0.717) is 11.6 Å². The molecule has 0 saturated carbocycles. The number of hydrogen-bond donors (Lipinski definition) is 0. The number of halogens is 2. The van der Waals surface area contributed by atoms with Crippen molar-refractivity contribution in [2.75, 3.05) is 0 Å². The summed E-state index contributed by atoms with van der Waals surface area (Å²) in [6.45, 7) is 11.3. The average Bonchev–Trinajstić information content (AvgIpc) is 2.50. The SMILES string of the molecule is CCC(C1=[C]([Ti+2])CC=C1)[Si](C)(C)OC(C)C.[Cl-].[Cl-]. The Morgan fingerprint density at radius 2 is 1.89 bits per heavy atom. The fourth-order valence-corrected chi connectivity index (χ4v) is 6.82. The zero-order valence-corrected chi connectivity index (χ0v) is 16.0. The summed E-state index contributed by atoms with van der Waals surface area (Å²) >= 11 is 2.26. The molecule has 0 N–H and O–H groups in total. The third-order valence-corrected chi connectivity index (χ3v) is 7.38. The molecule has 0 amide bonds. The Bertz CT molecular complexity index is 314. The summed E-state index contributed by atoms with van der Waals surface area (Å²) < 4.78 is 7.76. The molecule has 0 spiro atoms. The molecule has 0 bridgehead atoms. The molecule has 18 heavy (non-hydrogen) atoms. The summed E-state index contributed by atoms with van der Waals surface area (Å²) in [6.07, 6.45) is 7.29. The Morgan fingerprint density at radius 3 is 2.22 bits per heavy atom. The van der Waals surface area contributed by atoms with Crippen molar-refractivity contribution in [2.45, 2.75) is 58.4 Å². The Morgan fingerprint density at radius 1 is 1.33 bits per heavy atom. The van der Waals surface area contributed by atoms with Crippen LogP contribution in [0.1, 0.15) is 33.6 Å². The fraction of sp³-hybridized carbons (Fsp3) is 0.692. The van der Waals surface area contributed by atoms with Gasteiger partial charge in [-0.2, -0.15) is 0 Å². The van der Waals surface area contributed by atoms with Gasteiger partial charge in [-0.1, -0.05) is 0 Å². The maximum absolute atomic E-state index is 6.22.